The Morgan fingerprint density at radius 2 is 1.85 bits per heavy atom. The molecule has 20 heavy (non-hydrogen) atoms. The molecule has 1 fully saturated rings. The summed E-state index contributed by atoms with van der Waals surface area (Å²) in [5.41, 5.74) is 1.22. The molecule has 0 spiro atoms. The molecule has 1 N–H and O–H groups in total. The summed E-state index contributed by atoms with van der Waals surface area (Å²) in [5, 5.41) is 3.58. The summed E-state index contributed by atoms with van der Waals surface area (Å²) in [4.78, 5) is 2.53. The van der Waals surface area contributed by atoms with Crippen LogP contribution in [0.3, 0.4) is 0 Å². The van der Waals surface area contributed by atoms with Crippen LogP contribution < -0.4 is 14.8 Å². The van der Waals surface area contributed by atoms with E-state index in [1.165, 1.54) is 31.5 Å². The lowest BCUT2D eigenvalue weighted by molar-refractivity contribution is 0.298. The molecule has 1 unspecified atom stereocenters. The van der Waals surface area contributed by atoms with Gasteiger partial charge in [0, 0.05) is 19.1 Å². The molecule has 0 radical (unpaired) electrons. The first-order valence-electron chi connectivity index (χ1n) is 7.39. The van der Waals surface area contributed by atoms with E-state index in [0.717, 1.165) is 24.6 Å². The van der Waals surface area contributed by atoms with E-state index in [1.807, 2.05) is 12.1 Å². The standard InChI is InChI=1S/C16H26N2O2/c1-13(12-18-8-4-5-9-18)17-11-14-6-7-15(19-2)16(10-14)20-3/h6-7,10,13,17H,4-5,8-9,11-12H2,1-3H3. The quantitative estimate of drug-likeness (QED) is 0.829. The van der Waals surface area contributed by atoms with E-state index in [1.54, 1.807) is 14.2 Å². The van der Waals surface area contributed by atoms with Gasteiger partial charge in [0.05, 0.1) is 14.2 Å². The summed E-state index contributed by atoms with van der Waals surface area (Å²) in [7, 11) is 3.33. The minimum Gasteiger partial charge on any atom is -0.493 e. The van der Waals surface area contributed by atoms with Crippen molar-refractivity contribution in [2.24, 2.45) is 0 Å². The maximum absolute atomic E-state index is 5.33. The molecule has 4 heteroatoms. The highest BCUT2D eigenvalue weighted by Gasteiger charge is 2.14. The van der Waals surface area contributed by atoms with Gasteiger partial charge in [-0.3, -0.25) is 0 Å². The first-order chi connectivity index (χ1) is 9.72. The SMILES string of the molecule is COc1ccc(CNC(C)CN2CCCC2)cc1OC. The Morgan fingerprint density at radius 3 is 2.50 bits per heavy atom. The van der Waals surface area contributed by atoms with Crippen molar-refractivity contribution >= 4 is 0 Å². The molecule has 1 aliphatic rings. The minimum absolute atomic E-state index is 0.501. The topological polar surface area (TPSA) is 33.7 Å². The Bertz CT molecular complexity index is 417. The van der Waals surface area contributed by atoms with E-state index >= 15 is 0 Å². The number of methoxy groups -OCH3 is 2. The highest BCUT2D eigenvalue weighted by Crippen LogP contribution is 2.27. The van der Waals surface area contributed by atoms with Gasteiger partial charge in [-0.05, 0) is 50.6 Å². The third-order valence-corrected chi connectivity index (χ3v) is 3.83. The molecule has 1 aliphatic heterocycles. The number of benzene rings is 1. The lowest BCUT2D eigenvalue weighted by Crippen LogP contribution is -2.37. The molecule has 0 amide bonds. The number of likely N-dealkylation sites (tertiary alicyclic amines) is 1. The molecule has 0 bridgehead atoms. The normalized spacial score (nSPS) is 17.1. The van der Waals surface area contributed by atoms with Crippen LogP contribution in [-0.4, -0.2) is 44.8 Å². The molecule has 1 heterocycles. The molecule has 1 aromatic rings. The lowest BCUT2D eigenvalue weighted by Gasteiger charge is -2.21. The number of nitrogens with one attached hydrogen (secondary N) is 1. The first-order valence-corrected chi connectivity index (χ1v) is 7.39. The molecule has 1 aromatic carbocycles. The first kappa shape index (κ1) is 15.1. The van der Waals surface area contributed by atoms with E-state index in [9.17, 15) is 0 Å². The van der Waals surface area contributed by atoms with Gasteiger partial charge < -0.3 is 19.7 Å². The molecule has 0 saturated carbocycles. The Hall–Kier alpha value is -1.26. The Balaban J connectivity index is 1.83. The zero-order valence-electron chi connectivity index (χ0n) is 12.8. The Labute approximate surface area is 122 Å². The third-order valence-electron chi connectivity index (χ3n) is 3.83. The number of ether oxygens (including phenoxy) is 2. The van der Waals surface area contributed by atoms with Gasteiger partial charge in [-0.25, -0.2) is 0 Å². The lowest BCUT2D eigenvalue weighted by atomic mass is 10.2. The van der Waals surface area contributed by atoms with Crippen LogP contribution in [-0.2, 0) is 6.54 Å². The fourth-order valence-electron chi connectivity index (χ4n) is 2.70. The van der Waals surface area contributed by atoms with Crippen LogP contribution in [0.5, 0.6) is 11.5 Å². The minimum atomic E-state index is 0.501. The van der Waals surface area contributed by atoms with E-state index in [4.69, 9.17) is 9.47 Å². The molecule has 1 atom stereocenters. The summed E-state index contributed by atoms with van der Waals surface area (Å²) in [6, 6.07) is 6.58. The molecule has 112 valence electrons. The van der Waals surface area contributed by atoms with Crippen molar-refractivity contribution in [3.8, 4) is 11.5 Å². The van der Waals surface area contributed by atoms with E-state index in [2.05, 4.69) is 23.2 Å². The molecule has 0 aromatic heterocycles. The van der Waals surface area contributed by atoms with Crippen LogP contribution in [0.2, 0.25) is 0 Å². The van der Waals surface area contributed by atoms with Crippen molar-refractivity contribution in [1.82, 2.24) is 10.2 Å². The molecular formula is C16H26N2O2. The second-order valence-electron chi connectivity index (χ2n) is 5.48. The predicted octanol–water partition coefficient (Wildman–Crippen LogP) is 2.28. The van der Waals surface area contributed by atoms with Crippen LogP contribution in [0.4, 0.5) is 0 Å². The number of nitrogens with zero attached hydrogens (tertiary/aromatic N) is 1. The monoisotopic (exact) mass is 278 g/mol. The van der Waals surface area contributed by atoms with Crippen molar-refractivity contribution in [1.29, 1.82) is 0 Å². The number of hydrogen-bond acceptors (Lipinski definition) is 4. The zero-order chi connectivity index (χ0) is 14.4. The maximum Gasteiger partial charge on any atom is 0.161 e. The Morgan fingerprint density at radius 1 is 1.15 bits per heavy atom. The predicted molar refractivity (Wildman–Crippen MR) is 81.5 cm³/mol. The largest absolute Gasteiger partial charge is 0.493 e. The Kier molecular flexibility index (Phi) is 5.68. The third kappa shape index (κ3) is 4.12. The second-order valence-corrected chi connectivity index (χ2v) is 5.48. The van der Waals surface area contributed by atoms with Crippen LogP contribution in [0.15, 0.2) is 18.2 Å². The van der Waals surface area contributed by atoms with Gasteiger partial charge in [0.1, 0.15) is 0 Å². The van der Waals surface area contributed by atoms with Crippen molar-refractivity contribution in [3.05, 3.63) is 23.8 Å². The van der Waals surface area contributed by atoms with E-state index in [0.29, 0.717) is 6.04 Å². The van der Waals surface area contributed by atoms with Crippen LogP contribution >= 0.6 is 0 Å². The van der Waals surface area contributed by atoms with Gasteiger partial charge in [-0.15, -0.1) is 0 Å². The van der Waals surface area contributed by atoms with Crippen molar-refractivity contribution in [2.45, 2.75) is 32.4 Å². The highest BCUT2D eigenvalue weighted by molar-refractivity contribution is 5.42. The fourth-order valence-corrected chi connectivity index (χ4v) is 2.70. The van der Waals surface area contributed by atoms with Crippen LogP contribution in [0, 0.1) is 0 Å². The fraction of sp³-hybridized carbons (Fsp3) is 0.625. The van der Waals surface area contributed by atoms with E-state index in [-0.39, 0.29) is 0 Å². The number of hydrogen-bond donors (Lipinski definition) is 1. The van der Waals surface area contributed by atoms with Crippen molar-refractivity contribution in [3.63, 3.8) is 0 Å². The van der Waals surface area contributed by atoms with Crippen LogP contribution in [0.1, 0.15) is 25.3 Å². The summed E-state index contributed by atoms with van der Waals surface area (Å²) in [5.74, 6) is 1.57. The van der Waals surface area contributed by atoms with Gasteiger partial charge >= 0.3 is 0 Å². The van der Waals surface area contributed by atoms with Crippen LogP contribution in [0.25, 0.3) is 0 Å². The molecule has 0 aliphatic carbocycles. The summed E-state index contributed by atoms with van der Waals surface area (Å²) in [6.45, 7) is 6.74. The smallest absolute Gasteiger partial charge is 0.161 e. The maximum atomic E-state index is 5.33. The summed E-state index contributed by atoms with van der Waals surface area (Å²) >= 11 is 0. The van der Waals surface area contributed by atoms with Gasteiger partial charge in [0.2, 0.25) is 0 Å². The molecule has 1 saturated heterocycles. The second kappa shape index (κ2) is 7.50. The summed E-state index contributed by atoms with van der Waals surface area (Å²) < 4.78 is 10.6. The van der Waals surface area contributed by atoms with Gasteiger partial charge in [-0.2, -0.15) is 0 Å². The molecule has 2 rings (SSSR count). The van der Waals surface area contributed by atoms with Gasteiger partial charge in [-0.1, -0.05) is 6.07 Å². The molecule has 4 nitrogen and oxygen atoms in total. The average Bonchev–Trinajstić information content (AvgIpc) is 2.97. The zero-order valence-corrected chi connectivity index (χ0v) is 12.8. The van der Waals surface area contributed by atoms with Crippen molar-refractivity contribution < 1.29 is 9.47 Å². The highest BCUT2D eigenvalue weighted by atomic mass is 16.5. The van der Waals surface area contributed by atoms with E-state index < -0.39 is 0 Å². The average molecular weight is 278 g/mol. The van der Waals surface area contributed by atoms with Gasteiger partial charge in [0.15, 0.2) is 11.5 Å². The summed E-state index contributed by atoms with van der Waals surface area (Å²) in [6.07, 6.45) is 2.70. The van der Waals surface area contributed by atoms with Gasteiger partial charge in [0.25, 0.3) is 0 Å². The number of rotatable bonds is 7. The molecular weight excluding hydrogens is 252 g/mol. The van der Waals surface area contributed by atoms with Crippen molar-refractivity contribution in [2.75, 3.05) is 33.9 Å².